The summed E-state index contributed by atoms with van der Waals surface area (Å²) in [6.45, 7) is 6.19. The smallest absolute Gasteiger partial charge is 0.408 e. The Kier molecular flexibility index (Phi) is 12.4. The number of carbonyl (C=O) groups excluding carboxylic acids is 3. The number of alkyl carbamates (subject to hydrolysis) is 1. The van der Waals surface area contributed by atoms with Crippen LogP contribution in [0.15, 0.2) is 12.5 Å². The topological polar surface area (TPSA) is 116 Å². The van der Waals surface area contributed by atoms with Gasteiger partial charge in [0.1, 0.15) is 23.4 Å². The number of nitrogens with zero attached hydrogens (tertiary/aromatic N) is 2. The molecule has 4 rings (SSSR count). The summed E-state index contributed by atoms with van der Waals surface area (Å²) in [4.78, 5) is 49.3. The molecule has 10 heteroatoms. The number of hydrogen-bond acceptors (Lipinski definition) is 5. The third-order valence-electron chi connectivity index (χ3n) is 8.62. The highest BCUT2D eigenvalue weighted by molar-refractivity contribution is 5.92. The van der Waals surface area contributed by atoms with E-state index in [1.807, 2.05) is 20.8 Å². The number of ether oxygens (including phenoxy) is 1. The molecule has 1 aromatic rings. The number of aromatic nitrogens is 2. The summed E-state index contributed by atoms with van der Waals surface area (Å²) in [7, 11) is 0. The third-order valence-corrected chi connectivity index (χ3v) is 8.62. The van der Waals surface area contributed by atoms with Gasteiger partial charge in [0.25, 0.3) is 0 Å². The molecule has 41 heavy (non-hydrogen) atoms. The molecule has 2 heterocycles. The molecule has 1 aromatic heterocycles. The average Bonchev–Trinajstić information content (AvgIpc) is 3.63. The fraction of sp³-hybridized carbons (Fsp3) is 0.742. The van der Waals surface area contributed by atoms with E-state index in [0.29, 0.717) is 30.5 Å². The largest absolute Gasteiger partial charge is 0.444 e. The zero-order valence-corrected chi connectivity index (χ0v) is 25.7. The van der Waals surface area contributed by atoms with Crippen LogP contribution in [-0.2, 0) is 14.3 Å². The molecule has 9 nitrogen and oxygen atoms in total. The molecule has 0 unspecified atom stereocenters. The second kappa shape index (κ2) is 15.5. The highest BCUT2D eigenvalue weighted by atomic mass is 35.5. The van der Waals surface area contributed by atoms with Gasteiger partial charge in [-0.05, 0) is 57.3 Å². The van der Waals surface area contributed by atoms with E-state index in [4.69, 9.17) is 4.74 Å². The SMILES string of the molecule is CC(C)(C)OC(=O)N[C@@H](C(=O)N1CCC[C@H]1C(=O)NCC#Cc1cnc[nH]1)C(C1CCCCC1)C1CCCCC1.Cl. The van der Waals surface area contributed by atoms with Gasteiger partial charge in [-0.25, -0.2) is 9.78 Å². The molecule has 0 aromatic carbocycles. The minimum atomic E-state index is -0.699. The quantitative estimate of drug-likeness (QED) is 0.389. The van der Waals surface area contributed by atoms with E-state index >= 15 is 0 Å². The fourth-order valence-corrected chi connectivity index (χ4v) is 6.92. The number of imidazole rings is 1. The summed E-state index contributed by atoms with van der Waals surface area (Å²) in [6.07, 6.45) is 15.4. The molecule has 2 atom stereocenters. The van der Waals surface area contributed by atoms with Crippen LogP contribution in [0.25, 0.3) is 0 Å². The first-order valence-electron chi connectivity index (χ1n) is 15.3. The van der Waals surface area contributed by atoms with Crippen LogP contribution in [0.1, 0.15) is 104 Å². The van der Waals surface area contributed by atoms with Crippen molar-refractivity contribution in [3.63, 3.8) is 0 Å². The van der Waals surface area contributed by atoms with E-state index < -0.39 is 23.8 Å². The highest BCUT2D eigenvalue weighted by Gasteiger charge is 2.45. The predicted octanol–water partition coefficient (Wildman–Crippen LogP) is 4.96. The van der Waals surface area contributed by atoms with Crippen LogP contribution >= 0.6 is 12.4 Å². The molecule has 3 amide bonds. The average molecular weight is 590 g/mol. The molecule has 1 aliphatic heterocycles. The van der Waals surface area contributed by atoms with Gasteiger partial charge in [-0.1, -0.05) is 70.1 Å². The van der Waals surface area contributed by atoms with Gasteiger partial charge in [-0.3, -0.25) is 9.59 Å². The number of amides is 3. The molecule has 3 fully saturated rings. The van der Waals surface area contributed by atoms with E-state index in [0.717, 1.165) is 57.8 Å². The second-order valence-electron chi connectivity index (χ2n) is 12.7. The Hall–Kier alpha value is -2.73. The van der Waals surface area contributed by atoms with Crippen molar-refractivity contribution in [3.8, 4) is 11.8 Å². The maximum atomic E-state index is 14.4. The first-order chi connectivity index (χ1) is 19.2. The molecule has 0 spiro atoms. The van der Waals surface area contributed by atoms with Crippen molar-refractivity contribution >= 4 is 30.3 Å². The Bertz CT molecular complexity index is 1030. The first-order valence-corrected chi connectivity index (χ1v) is 15.3. The summed E-state index contributed by atoms with van der Waals surface area (Å²) in [5, 5.41) is 5.94. The number of H-pyrrole nitrogens is 1. The Morgan fingerprint density at radius 1 is 1.02 bits per heavy atom. The summed E-state index contributed by atoms with van der Waals surface area (Å²) >= 11 is 0. The van der Waals surface area contributed by atoms with Gasteiger partial charge in [-0.15, -0.1) is 12.4 Å². The number of likely N-dealkylation sites (tertiary alicyclic amines) is 1. The molecule has 2 aliphatic carbocycles. The number of nitrogens with one attached hydrogen (secondary N) is 3. The van der Waals surface area contributed by atoms with E-state index in [1.165, 1.54) is 12.8 Å². The number of carbonyl (C=O) groups is 3. The summed E-state index contributed by atoms with van der Waals surface area (Å²) < 4.78 is 5.65. The van der Waals surface area contributed by atoms with E-state index in [1.54, 1.807) is 17.4 Å². The molecule has 3 aliphatic rings. The number of rotatable bonds is 7. The Morgan fingerprint density at radius 2 is 1.66 bits per heavy atom. The lowest BCUT2D eigenvalue weighted by molar-refractivity contribution is -0.142. The Balaban J connectivity index is 0.00000462. The van der Waals surface area contributed by atoms with E-state index in [-0.39, 0.29) is 36.7 Å². The van der Waals surface area contributed by atoms with E-state index in [2.05, 4.69) is 32.4 Å². The molecule has 1 saturated heterocycles. The van der Waals surface area contributed by atoms with Crippen molar-refractivity contribution in [2.45, 2.75) is 116 Å². The van der Waals surface area contributed by atoms with Crippen molar-refractivity contribution in [3.05, 3.63) is 18.2 Å². The third kappa shape index (κ3) is 9.39. The van der Waals surface area contributed by atoms with Crippen LogP contribution in [0.5, 0.6) is 0 Å². The van der Waals surface area contributed by atoms with Crippen molar-refractivity contribution in [2.75, 3.05) is 13.1 Å². The molecule has 3 N–H and O–H groups in total. The Labute approximate surface area is 251 Å². The highest BCUT2D eigenvalue weighted by Crippen LogP contribution is 2.42. The normalized spacial score (nSPS) is 20.9. The number of aromatic amines is 1. The first kappa shape index (κ1) is 32.8. The monoisotopic (exact) mass is 589 g/mol. The standard InChI is InChI=1S/C31H47N5O4.ClH/c1-31(2,3)40-30(39)35-27(26(22-12-6-4-7-13-22)23-14-8-5-9-15-23)29(38)36-19-11-17-25(36)28(37)33-18-10-16-24-20-32-21-34-24;/h20-23,25-27H,4-9,11-15,17-19H2,1-3H3,(H,32,34)(H,33,37)(H,35,39);1H/t25-,27+;/m0./s1. The maximum Gasteiger partial charge on any atom is 0.408 e. The summed E-state index contributed by atoms with van der Waals surface area (Å²) in [5.41, 5.74) is 0.00955. The summed E-state index contributed by atoms with van der Waals surface area (Å²) in [6, 6.07) is -1.27. The molecule has 0 bridgehead atoms. The minimum Gasteiger partial charge on any atom is -0.444 e. The van der Waals surface area contributed by atoms with Crippen molar-refractivity contribution in [1.29, 1.82) is 0 Å². The van der Waals surface area contributed by atoms with Crippen LogP contribution in [0.2, 0.25) is 0 Å². The van der Waals surface area contributed by atoms with Gasteiger partial charge in [0.05, 0.1) is 19.1 Å². The van der Waals surface area contributed by atoms with Crippen molar-refractivity contribution in [2.24, 2.45) is 17.8 Å². The van der Waals surface area contributed by atoms with Gasteiger partial charge in [0, 0.05) is 6.54 Å². The second-order valence-corrected chi connectivity index (χ2v) is 12.7. The lowest BCUT2D eigenvalue weighted by atomic mass is 9.66. The fourth-order valence-electron chi connectivity index (χ4n) is 6.92. The van der Waals surface area contributed by atoms with Gasteiger partial charge >= 0.3 is 6.09 Å². The van der Waals surface area contributed by atoms with Crippen LogP contribution in [0.4, 0.5) is 4.79 Å². The van der Waals surface area contributed by atoms with Gasteiger partial charge in [-0.2, -0.15) is 0 Å². The minimum absolute atomic E-state index is 0. The molecule has 228 valence electrons. The molecular weight excluding hydrogens is 542 g/mol. The number of halogens is 1. The van der Waals surface area contributed by atoms with Crippen LogP contribution in [0, 0.1) is 29.6 Å². The maximum absolute atomic E-state index is 14.4. The predicted molar refractivity (Wildman–Crippen MR) is 160 cm³/mol. The molecule has 0 radical (unpaired) electrons. The van der Waals surface area contributed by atoms with Crippen molar-refractivity contribution in [1.82, 2.24) is 25.5 Å². The van der Waals surface area contributed by atoms with Gasteiger partial charge < -0.3 is 25.3 Å². The Morgan fingerprint density at radius 3 is 2.22 bits per heavy atom. The summed E-state index contributed by atoms with van der Waals surface area (Å²) in [5.74, 6) is 6.32. The lowest BCUT2D eigenvalue weighted by Gasteiger charge is -2.43. The zero-order valence-electron chi connectivity index (χ0n) is 24.9. The molecular formula is C31H48ClN5O4. The van der Waals surface area contributed by atoms with Gasteiger partial charge in [0.2, 0.25) is 11.8 Å². The van der Waals surface area contributed by atoms with Crippen LogP contribution in [-0.4, -0.2) is 63.5 Å². The van der Waals surface area contributed by atoms with Crippen LogP contribution in [0.3, 0.4) is 0 Å². The lowest BCUT2D eigenvalue weighted by Crippen LogP contribution is -2.59. The zero-order chi connectivity index (χ0) is 28.5. The molecule has 2 saturated carbocycles. The number of hydrogen-bond donors (Lipinski definition) is 3. The van der Waals surface area contributed by atoms with Crippen LogP contribution < -0.4 is 10.6 Å². The van der Waals surface area contributed by atoms with Crippen molar-refractivity contribution < 1.29 is 19.1 Å². The van der Waals surface area contributed by atoms with Gasteiger partial charge in [0.15, 0.2) is 0 Å². The van der Waals surface area contributed by atoms with E-state index in [9.17, 15) is 14.4 Å².